The van der Waals surface area contributed by atoms with Crippen LogP contribution in [0.2, 0.25) is 0 Å². The predicted octanol–water partition coefficient (Wildman–Crippen LogP) is 0.696. The zero-order valence-electron chi connectivity index (χ0n) is 7.25. The molecule has 1 aliphatic rings. The van der Waals surface area contributed by atoms with E-state index in [1.165, 1.54) is 0 Å². The summed E-state index contributed by atoms with van der Waals surface area (Å²) in [7, 11) is 0. The molecule has 0 radical (unpaired) electrons. The highest BCUT2D eigenvalue weighted by atomic mass is 16.3. The largest absolute Gasteiger partial charge is 0.393 e. The van der Waals surface area contributed by atoms with Gasteiger partial charge in [-0.2, -0.15) is 0 Å². The summed E-state index contributed by atoms with van der Waals surface area (Å²) in [6, 6.07) is 0. The number of ketones is 2. The molecule has 12 heavy (non-hydrogen) atoms. The highest BCUT2D eigenvalue weighted by molar-refractivity contribution is 5.94. The first-order valence-corrected chi connectivity index (χ1v) is 4.32. The van der Waals surface area contributed by atoms with Gasteiger partial charge >= 0.3 is 0 Å². The summed E-state index contributed by atoms with van der Waals surface area (Å²) in [6.45, 7) is 1.65. The van der Waals surface area contributed by atoms with E-state index >= 15 is 0 Å². The average molecular weight is 170 g/mol. The fourth-order valence-corrected chi connectivity index (χ4v) is 1.58. The standard InChI is InChI=1S/C9H14O3/c1-6(10)4-7-5-8(11)2-3-9(7)12/h6-7,10H,2-5H2,1H3/t6-,7+/m1/s1. The van der Waals surface area contributed by atoms with Crippen LogP contribution in [0, 0.1) is 5.92 Å². The molecule has 0 unspecified atom stereocenters. The lowest BCUT2D eigenvalue weighted by Crippen LogP contribution is -2.27. The molecule has 0 saturated heterocycles. The molecule has 0 aliphatic heterocycles. The van der Waals surface area contributed by atoms with Gasteiger partial charge in [0.1, 0.15) is 11.6 Å². The minimum atomic E-state index is -0.482. The quantitative estimate of drug-likeness (QED) is 0.663. The lowest BCUT2D eigenvalue weighted by Gasteiger charge is -2.20. The Balaban J connectivity index is 2.49. The zero-order chi connectivity index (χ0) is 9.14. The van der Waals surface area contributed by atoms with Crippen molar-refractivity contribution in [1.29, 1.82) is 0 Å². The molecule has 3 heteroatoms. The van der Waals surface area contributed by atoms with Crippen molar-refractivity contribution in [3.05, 3.63) is 0 Å². The summed E-state index contributed by atoms with van der Waals surface area (Å²) in [5.41, 5.74) is 0. The molecule has 0 aromatic heterocycles. The van der Waals surface area contributed by atoms with Crippen LogP contribution in [0.3, 0.4) is 0 Å². The first-order valence-electron chi connectivity index (χ1n) is 4.32. The van der Waals surface area contributed by atoms with E-state index in [2.05, 4.69) is 0 Å². The van der Waals surface area contributed by atoms with Crippen molar-refractivity contribution in [2.45, 2.75) is 38.7 Å². The van der Waals surface area contributed by atoms with Gasteiger partial charge in [0.05, 0.1) is 6.10 Å². The summed E-state index contributed by atoms with van der Waals surface area (Å²) < 4.78 is 0. The second-order valence-electron chi connectivity index (χ2n) is 3.49. The predicted molar refractivity (Wildman–Crippen MR) is 43.7 cm³/mol. The van der Waals surface area contributed by atoms with Crippen LogP contribution in [0.1, 0.15) is 32.6 Å². The molecule has 68 valence electrons. The maximum atomic E-state index is 11.2. The van der Waals surface area contributed by atoms with Gasteiger partial charge < -0.3 is 5.11 Å². The van der Waals surface area contributed by atoms with Crippen molar-refractivity contribution in [2.75, 3.05) is 0 Å². The molecule has 0 aromatic rings. The number of aliphatic hydroxyl groups excluding tert-OH is 1. The SMILES string of the molecule is C[C@@H](O)C[C@H]1CC(=O)CCC1=O. The first kappa shape index (κ1) is 9.39. The van der Waals surface area contributed by atoms with Crippen LogP contribution < -0.4 is 0 Å². The maximum absolute atomic E-state index is 11.2. The number of hydrogen-bond acceptors (Lipinski definition) is 3. The Kier molecular flexibility index (Phi) is 2.98. The van der Waals surface area contributed by atoms with E-state index in [9.17, 15) is 9.59 Å². The molecular weight excluding hydrogens is 156 g/mol. The average Bonchev–Trinajstić information content (AvgIpc) is 1.96. The van der Waals surface area contributed by atoms with Gasteiger partial charge in [-0.15, -0.1) is 0 Å². The van der Waals surface area contributed by atoms with E-state index in [4.69, 9.17) is 5.11 Å². The molecule has 0 amide bonds. The molecule has 1 aliphatic carbocycles. The van der Waals surface area contributed by atoms with Crippen molar-refractivity contribution in [1.82, 2.24) is 0 Å². The van der Waals surface area contributed by atoms with Crippen LogP contribution in [0.15, 0.2) is 0 Å². The van der Waals surface area contributed by atoms with Crippen LogP contribution >= 0.6 is 0 Å². The molecule has 2 atom stereocenters. The third-order valence-corrected chi connectivity index (χ3v) is 2.21. The monoisotopic (exact) mass is 170 g/mol. The molecule has 1 fully saturated rings. The van der Waals surface area contributed by atoms with Crippen LogP contribution in [-0.2, 0) is 9.59 Å². The highest BCUT2D eigenvalue weighted by Gasteiger charge is 2.27. The van der Waals surface area contributed by atoms with Gasteiger partial charge in [0.2, 0.25) is 0 Å². The van der Waals surface area contributed by atoms with Gasteiger partial charge in [0, 0.05) is 25.2 Å². The summed E-state index contributed by atoms with van der Waals surface area (Å²) >= 11 is 0. The van der Waals surface area contributed by atoms with E-state index in [1.54, 1.807) is 6.92 Å². The number of Topliss-reactive ketones (excluding diaryl/α,β-unsaturated/α-hetero) is 2. The van der Waals surface area contributed by atoms with Crippen molar-refractivity contribution in [3.63, 3.8) is 0 Å². The number of aliphatic hydroxyl groups is 1. The summed E-state index contributed by atoms with van der Waals surface area (Å²) in [5, 5.41) is 9.05. The number of carbonyl (C=O) groups is 2. The minimum Gasteiger partial charge on any atom is -0.393 e. The van der Waals surface area contributed by atoms with Crippen LogP contribution in [0.4, 0.5) is 0 Å². The van der Waals surface area contributed by atoms with Crippen molar-refractivity contribution >= 4 is 11.6 Å². The highest BCUT2D eigenvalue weighted by Crippen LogP contribution is 2.22. The van der Waals surface area contributed by atoms with Gasteiger partial charge in [-0.1, -0.05) is 0 Å². The topological polar surface area (TPSA) is 54.4 Å². The van der Waals surface area contributed by atoms with Crippen LogP contribution in [-0.4, -0.2) is 22.8 Å². The molecule has 3 nitrogen and oxygen atoms in total. The molecule has 0 aromatic carbocycles. The third kappa shape index (κ3) is 2.41. The third-order valence-electron chi connectivity index (χ3n) is 2.21. The van der Waals surface area contributed by atoms with E-state index < -0.39 is 6.10 Å². The summed E-state index contributed by atoms with van der Waals surface area (Å²) in [6.07, 6.45) is 1.06. The van der Waals surface area contributed by atoms with Crippen molar-refractivity contribution in [3.8, 4) is 0 Å². The van der Waals surface area contributed by atoms with Gasteiger partial charge in [-0.25, -0.2) is 0 Å². The fraction of sp³-hybridized carbons (Fsp3) is 0.778. The fourth-order valence-electron chi connectivity index (χ4n) is 1.58. The number of carbonyl (C=O) groups excluding carboxylic acids is 2. The second-order valence-corrected chi connectivity index (χ2v) is 3.49. The first-order chi connectivity index (χ1) is 5.59. The normalized spacial score (nSPS) is 27.3. The molecule has 1 saturated carbocycles. The number of hydrogen-bond donors (Lipinski definition) is 1. The molecule has 1 N–H and O–H groups in total. The maximum Gasteiger partial charge on any atom is 0.136 e. The van der Waals surface area contributed by atoms with Crippen molar-refractivity contribution in [2.24, 2.45) is 5.92 Å². The molecule has 1 rings (SSSR count). The number of rotatable bonds is 2. The molecule has 0 bridgehead atoms. The lowest BCUT2D eigenvalue weighted by molar-refractivity contribution is -0.133. The Labute approximate surface area is 71.8 Å². The Bertz CT molecular complexity index is 196. The van der Waals surface area contributed by atoms with Crippen LogP contribution in [0.5, 0.6) is 0 Å². The Hall–Kier alpha value is -0.700. The summed E-state index contributed by atoms with van der Waals surface area (Å²) in [5.74, 6) is 0.0713. The Morgan fingerprint density at radius 3 is 2.75 bits per heavy atom. The van der Waals surface area contributed by atoms with E-state index in [0.717, 1.165) is 0 Å². The van der Waals surface area contributed by atoms with E-state index in [0.29, 0.717) is 25.7 Å². The van der Waals surface area contributed by atoms with Gasteiger partial charge in [-0.3, -0.25) is 9.59 Å². The molecular formula is C9H14O3. The molecule has 0 heterocycles. The van der Waals surface area contributed by atoms with Crippen LogP contribution in [0.25, 0.3) is 0 Å². The lowest BCUT2D eigenvalue weighted by atomic mass is 9.84. The van der Waals surface area contributed by atoms with E-state index in [1.807, 2.05) is 0 Å². The van der Waals surface area contributed by atoms with Crippen molar-refractivity contribution < 1.29 is 14.7 Å². The summed E-state index contributed by atoms with van der Waals surface area (Å²) in [4.78, 5) is 22.2. The van der Waals surface area contributed by atoms with Gasteiger partial charge in [-0.05, 0) is 13.3 Å². The Morgan fingerprint density at radius 1 is 1.50 bits per heavy atom. The minimum absolute atomic E-state index is 0.135. The molecule has 0 spiro atoms. The second kappa shape index (κ2) is 3.81. The zero-order valence-corrected chi connectivity index (χ0v) is 7.25. The van der Waals surface area contributed by atoms with Gasteiger partial charge in [0.15, 0.2) is 0 Å². The smallest absolute Gasteiger partial charge is 0.136 e. The Morgan fingerprint density at radius 2 is 2.17 bits per heavy atom. The van der Waals surface area contributed by atoms with E-state index in [-0.39, 0.29) is 17.5 Å². The van der Waals surface area contributed by atoms with Gasteiger partial charge in [0.25, 0.3) is 0 Å².